The van der Waals surface area contributed by atoms with Crippen molar-refractivity contribution in [1.82, 2.24) is 0 Å². The van der Waals surface area contributed by atoms with Crippen LogP contribution in [0.25, 0.3) is 0 Å². The Kier molecular flexibility index (Phi) is 3.66. The zero-order valence-corrected chi connectivity index (χ0v) is 13.7. The standard InChI is InChI=1S/C19H28O/c1-14(2)18(6)13-15-16(20)9-7-8-10-19(15,18)12-11-17(3,4)5/h15H,1,7-10,13H2,2-6H3/t15-,18-,19+/m0/s1. The molecule has 0 N–H and O–H groups in total. The minimum Gasteiger partial charge on any atom is -0.299 e. The Labute approximate surface area is 124 Å². The molecule has 0 unspecified atom stereocenters. The predicted molar refractivity (Wildman–Crippen MR) is 84.2 cm³/mol. The first-order chi connectivity index (χ1) is 9.12. The summed E-state index contributed by atoms with van der Waals surface area (Å²) in [6, 6.07) is 0. The van der Waals surface area contributed by atoms with E-state index in [0.717, 1.165) is 32.1 Å². The fraction of sp³-hybridized carbons (Fsp3) is 0.737. The van der Waals surface area contributed by atoms with Crippen LogP contribution >= 0.6 is 0 Å². The van der Waals surface area contributed by atoms with Gasteiger partial charge in [0, 0.05) is 23.2 Å². The number of allylic oxidation sites excluding steroid dienone is 1. The Morgan fingerprint density at radius 1 is 1.35 bits per heavy atom. The van der Waals surface area contributed by atoms with E-state index in [0.29, 0.717) is 5.78 Å². The summed E-state index contributed by atoms with van der Waals surface area (Å²) in [4.78, 5) is 12.4. The molecule has 1 nitrogen and oxygen atoms in total. The largest absolute Gasteiger partial charge is 0.299 e. The topological polar surface area (TPSA) is 17.1 Å². The third kappa shape index (κ3) is 2.24. The summed E-state index contributed by atoms with van der Waals surface area (Å²) in [6.07, 6.45) is 4.89. The zero-order chi connectivity index (χ0) is 15.2. The highest BCUT2D eigenvalue weighted by molar-refractivity contribution is 5.84. The Bertz CT molecular complexity index is 496. The molecule has 3 atom stereocenters. The van der Waals surface area contributed by atoms with E-state index in [2.05, 4.69) is 53.0 Å². The van der Waals surface area contributed by atoms with Gasteiger partial charge in [-0.3, -0.25) is 4.79 Å². The molecule has 20 heavy (non-hydrogen) atoms. The summed E-state index contributed by atoms with van der Waals surface area (Å²) in [6.45, 7) is 15.0. The molecule has 0 aromatic carbocycles. The SMILES string of the molecule is C=C(C)[C@]1(C)C[C@H]2C(=O)CCCC[C@@]21C#CC(C)(C)C. The average Bonchev–Trinajstić information content (AvgIpc) is 2.44. The second kappa shape index (κ2) is 4.76. The summed E-state index contributed by atoms with van der Waals surface area (Å²) in [7, 11) is 0. The number of fused-ring (bicyclic) bond motifs is 1. The number of ketones is 1. The van der Waals surface area contributed by atoms with Crippen molar-refractivity contribution in [2.24, 2.45) is 22.2 Å². The van der Waals surface area contributed by atoms with Crippen molar-refractivity contribution >= 4 is 5.78 Å². The van der Waals surface area contributed by atoms with Crippen LogP contribution in [0.15, 0.2) is 12.2 Å². The van der Waals surface area contributed by atoms with Crippen LogP contribution in [0.5, 0.6) is 0 Å². The molecule has 0 bridgehead atoms. The number of rotatable bonds is 1. The lowest BCUT2D eigenvalue weighted by Gasteiger charge is -2.60. The van der Waals surface area contributed by atoms with Gasteiger partial charge in [-0.1, -0.05) is 37.3 Å². The van der Waals surface area contributed by atoms with Gasteiger partial charge in [0.25, 0.3) is 0 Å². The van der Waals surface area contributed by atoms with Crippen molar-refractivity contribution in [1.29, 1.82) is 0 Å². The molecule has 0 spiro atoms. The second-order valence-corrected chi connectivity index (χ2v) is 8.01. The molecule has 0 aromatic rings. The first-order valence-corrected chi connectivity index (χ1v) is 7.85. The molecule has 0 saturated heterocycles. The molecule has 2 saturated carbocycles. The predicted octanol–water partition coefficient (Wildman–Crippen LogP) is 4.77. The molecule has 0 amide bonds. The van der Waals surface area contributed by atoms with Gasteiger partial charge >= 0.3 is 0 Å². The third-order valence-corrected chi connectivity index (χ3v) is 5.43. The minimum atomic E-state index is -0.153. The summed E-state index contributed by atoms with van der Waals surface area (Å²) in [5.74, 6) is 7.59. The van der Waals surface area contributed by atoms with Crippen molar-refractivity contribution in [2.75, 3.05) is 0 Å². The van der Waals surface area contributed by atoms with E-state index in [4.69, 9.17) is 0 Å². The monoisotopic (exact) mass is 272 g/mol. The highest BCUT2D eigenvalue weighted by Gasteiger charge is 2.64. The van der Waals surface area contributed by atoms with Gasteiger partial charge in [-0.15, -0.1) is 0 Å². The number of hydrogen-bond donors (Lipinski definition) is 0. The van der Waals surface area contributed by atoms with E-state index in [9.17, 15) is 4.79 Å². The van der Waals surface area contributed by atoms with Crippen LogP contribution in [0.4, 0.5) is 0 Å². The van der Waals surface area contributed by atoms with E-state index in [1.165, 1.54) is 5.57 Å². The maximum Gasteiger partial charge on any atom is 0.137 e. The van der Waals surface area contributed by atoms with Crippen LogP contribution in [-0.4, -0.2) is 5.78 Å². The average molecular weight is 272 g/mol. The Hall–Kier alpha value is -1.03. The van der Waals surface area contributed by atoms with Gasteiger partial charge < -0.3 is 0 Å². The van der Waals surface area contributed by atoms with Crippen LogP contribution in [0.2, 0.25) is 0 Å². The second-order valence-electron chi connectivity index (χ2n) is 8.01. The van der Waals surface area contributed by atoms with Crippen LogP contribution in [0, 0.1) is 34.0 Å². The molecule has 0 aromatic heterocycles. The van der Waals surface area contributed by atoms with E-state index in [-0.39, 0.29) is 22.2 Å². The van der Waals surface area contributed by atoms with Crippen LogP contribution in [0.1, 0.15) is 66.7 Å². The molecule has 2 rings (SSSR count). The number of hydrogen-bond acceptors (Lipinski definition) is 1. The third-order valence-electron chi connectivity index (χ3n) is 5.43. The van der Waals surface area contributed by atoms with Gasteiger partial charge in [0.1, 0.15) is 5.78 Å². The quantitative estimate of drug-likeness (QED) is 0.496. The first kappa shape index (κ1) is 15.4. The molecule has 0 heterocycles. The number of carbonyl (C=O) groups excluding carboxylic acids is 1. The lowest BCUT2D eigenvalue weighted by atomic mass is 9.41. The lowest BCUT2D eigenvalue weighted by Crippen LogP contribution is -2.58. The fourth-order valence-electron chi connectivity index (χ4n) is 3.88. The molecule has 0 radical (unpaired) electrons. The molecule has 1 heteroatoms. The van der Waals surface area contributed by atoms with E-state index in [1.807, 2.05) is 0 Å². The fourth-order valence-corrected chi connectivity index (χ4v) is 3.88. The zero-order valence-electron chi connectivity index (χ0n) is 13.7. The van der Waals surface area contributed by atoms with Crippen molar-refractivity contribution in [2.45, 2.75) is 66.7 Å². The van der Waals surface area contributed by atoms with Crippen molar-refractivity contribution in [3.8, 4) is 11.8 Å². The van der Waals surface area contributed by atoms with Crippen LogP contribution in [-0.2, 0) is 4.79 Å². The van der Waals surface area contributed by atoms with Crippen molar-refractivity contribution < 1.29 is 4.79 Å². The van der Waals surface area contributed by atoms with Crippen LogP contribution in [0.3, 0.4) is 0 Å². The van der Waals surface area contributed by atoms with E-state index < -0.39 is 0 Å². The first-order valence-electron chi connectivity index (χ1n) is 7.85. The smallest absolute Gasteiger partial charge is 0.137 e. The molecular formula is C19H28O. The Morgan fingerprint density at radius 2 is 2.00 bits per heavy atom. The molecule has 2 aliphatic rings. The summed E-state index contributed by atoms with van der Waals surface area (Å²) in [5.41, 5.74) is 1.03. The maximum atomic E-state index is 12.4. The summed E-state index contributed by atoms with van der Waals surface area (Å²) >= 11 is 0. The number of Topliss-reactive ketones (excluding diaryl/α,β-unsaturated/α-hetero) is 1. The summed E-state index contributed by atoms with van der Waals surface area (Å²) in [5, 5.41) is 0. The molecule has 2 aliphatic carbocycles. The van der Waals surface area contributed by atoms with Gasteiger partial charge in [-0.2, -0.15) is 0 Å². The van der Waals surface area contributed by atoms with Gasteiger partial charge in [0.15, 0.2) is 0 Å². The maximum absolute atomic E-state index is 12.4. The normalized spacial score (nSPS) is 37.0. The van der Waals surface area contributed by atoms with Gasteiger partial charge in [0.2, 0.25) is 0 Å². The van der Waals surface area contributed by atoms with Crippen molar-refractivity contribution in [3.63, 3.8) is 0 Å². The van der Waals surface area contributed by atoms with Gasteiger partial charge in [-0.05, 0) is 47.0 Å². The number of carbonyl (C=O) groups is 1. The van der Waals surface area contributed by atoms with Gasteiger partial charge in [-0.25, -0.2) is 0 Å². The summed E-state index contributed by atoms with van der Waals surface area (Å²) < 4.78 is 0. The Morgan fingerprint density at radius 3 is 2.55 bits per heavy atom. The molecule has 2 fully saturated rings. The minimum absolute atomic E-state index is 0.00984. The van der Waals surface area contributed by atoms with Crippen LogP contribution < -0.4 is 0 Å². The molecular weight excluding hydrogens is 244 g/mol. The van der Waals surface area contributed by atoms with E-state index in [1.54, 1.807) is 0 Å². The molecule has 0 aliphatic heterocycles. The highest BCUT2D eigenvalue weighted by atomic mass is 16.1. The van der Waals surface area contributed by atoms with Crippen molar-refractivity contribution in [3.05, 3.63) is 12.2 Å². The lowest BCUT2D eigenvalue weighted by molar-refractivity contribution is -0.142. The highest BCUT2D eigenvalue weighted by Crippen LogP contribution is 2.67. The van der Waals surface area contributed by atoms with Gasteiger partial charge in [0.05, 0.1) is 5.41 Å². The Balaban J connectivity index is 2.49. The van der Waals surface area contributed by atoms with E-state index >= 15 is 0 Å². The molecule has 110 valence electrons.